The summed E-state index contributed by atoms with van der Waals surface area (Å²) >= 11 is 0. The number of unbranched alkanes of at least 4 members (excludes halogenated alkanes) is 1. The Morgan fingerprint density at radius 3 is 2.07 bits per heavy atom. The number of amides is 2. The number of benzene rings is 2. The average Bonchev–Trinajstić information content (AvgIpc) is 2.93. The van der Waals surface area contributed by atoms with E-state index in [2.05, 4.69) is 0 Å². The molecular weight excluding hydrogens is 634 g/mol. The van der Waals surface area contributed by atoms with Crippen molar-refractivity contribution in [2.75, 3.05) is 31.6 Å². The van der Waals surface area contributed by atoms with Gasteiger partial charge in [-0.05, 0) is 49.6 Å². The third-order valence-electron chi connectivity index (χ3n) is 6.36. The first-order valence-electron chi connectivity index (χ1n) is 13.4. The standard InChI is InChI=1S/C28H30F10N2O5/c1-2-44-22(23(41)42)17-18-9-11-19(12-10-18)45-16-15-40(14-6-5-13-25(29,30)27(34,35)28(36,37)38)24(43)39-21-8-4-3-7-20(21)26(31,32)33/h3-4,7-12,22H,2,5-6,13-17H2,1H3,(H,39,43)(H,41,42). The fraction of sp³-hybridized carbons (Fsp3) is 0.500. The van der Waals surface area contributed by atoms with Gasteiger partial charge in [0.15, 0.2) is 6.10 Å². The monoisotopic (exact) mass is 664 g/mol. The molecule has 2 amide bonds. The zero-order valence-electron chi connectivity index (χ0n) is 23.7. The van der Waals surface area contributed by atoms with E-state index in [9.17, 15) is 58.6 Å². The smallest absolute Gasteiger partial charge is 0.459 e. The summed E-state index contributed by atoms with van der Waals surface area (Å²) in [5, 5.41) is 11.3. The molecule has 7 nitrogen and oxygen atoms in total. The number of nitrogens with one attached hydrogen (secondary N) is 1. The second-order valence-electron chi connectivity index (χ2n) is 9.67. The molecule has 2 rings (SSSR count). The van der Waals surface area contributed by atoms with Gasteiger partial charge in [-0.15, -0.1) is 0 Å². The lowest BCUT2D eigenvalue weighted by Crippen LogP contribution is -2.51. The lowest BCUT2D eigenvalue weighted by molar-refractivity contribution is -0.355. The van der Waals surface area contributed by atoms with E-state index in [-0.39, 0.29) is 31.9 Å². The van der Waals surface area contributed by atoms with Crippen LogP contribution in [0.1, 0.15) is 37.3 Å². The van der Waals surface area contributed by atoms with Crippen molar-refractivity contribution in [3.8, 4) is 5.75 Å². The number of urea groups is 1. The van der Waals surface area contributed by atoms with Crippen molar-refractivity contribution in [3.05, 3.63) is 59.7 Å². The van der Waals surface area contributed by atoms with E-state index in [0.29, 0.717) is 11.6 Å². The van der Waals surface area contributed by atoms with E-state index in [1.54, 1.807) is 19.1 Å². The Morgan fingerprint density at radius 1 is 0.889 bits per heavy atom. The summed E-state index contributed by atoms with van der Waals surface area (Å²) in [5.41, 5.74) is -1.25. The first-order chi connectivity index (χ1) is 20.8. The van der Waals surface area contributed by atoms with Gasteiger partial charge in [-0.3, -0.25) is 0 Å². The van der Waals surface area contributed by atoms with Gasteiger partial charge in [-0.25, -0.2) is 9.59 Å². The number of carboxylic acid groups (broad SMARTS) is 1. The number of hydrogen-bond acceptors (Lipinski definition) is 4. The van der Waals surface area contributed by atoms with Crippen LogP contribution in [0, 0.1) is 0 Å². The van der Waals surface area contributed by atoms with Crippen molar-refractivity contribution in [3.63, 3.8) is 0 Å². The summed E-state index contributed by atoms with van der Waals surface area (Å²) in [6.45, 7) is 0.638. The summed E-state index contributed by atoms with van der Waals surface area (Å²) in [7, 11) is 0. The lowest BCUT2D eigenvalue weighted by Gasteiger charge is -2.28. The van der Waals surface area contributed by atoms with Crippen LogP contribution in [-0.2, 0) is 22.1 Å². The Labute approximate surface area is 251 Å². The molecule has 17 heteroatoms. The SMILES string of the molecule is CCOC(Cc1ccc(OCCN(CCCCC(F)(F)C(F)(F)C(F)(F)F)C(=O)Nc2ccccc2C(F)(F)F)cc1)C(=O)O. The number of para-hydroxylation sites is 1. The second-order valence-corrected chi connectivity index (χ2v) is 9.67. The van der Waals surface area contributed by atoms with E-state index >= 15 is 0 Å². The van der Waals surface area contributed by atoms with E-state index in [4.69, 9.17) is 9.47 Å². The molecule has 0 radical (unpaired) electrons. The van der Waals surface area contributed by atoms with Crippen LogP contribution in [0.4, 0.5) is 54.4 Å². The van der Waals surface area contributed by atoms with Gasteiger partial charge in [0.1, 0.15) is 12.4 Å². The van der Waals surface area contributed by atoms with E-state index < -0.39 is 79.4 Å². The first-order valence-corrected chi connectivity index (χ1v) is 13.4. The maximum atomic E-state index is 13.7. The molecule has 0 aliphatic heterocycles. The molecule has 2 N–H and O–H groups in total. The molecule has 0 bridgehead atoms. The van der Waals surface area contributed by atoms with Crippen LogP contribution < -0.4 is 10.1 Å². The number of carbonyl (C=O) groups is 2. The number of carboxylic acids is 1. The summed E-state index contributed by atoms with van der Waals surface area (Å²) in [4.78, 5) is 25.0. The van der Waals surface area contributed by atoms with Crippen LogP contribution in [0.25, 0.3) is 0 Å². The number of ether oxygens (including phenoxy) is 2. The van der Waals surface area contributed by atoms with Gasteiger partial charge in [0, 0.05) is 26.0 Å². The van der Waals surface area contributed by atoms with Crippen LogP contribution in [0.3, 0.4) is 0 Å². The zero-order chi connectivity index (χ0) is 34.1. The zero-order valence-corrected chi connectivity index (χ0v) is 23.7. The van der Waals surface area contributed by atoms with Crippen molar-refractivity contribution in [2.24, 2.45) is 0 Å². The molecule has 0 fully saturated rings. The van der Waals surface area contributed by atoms with E-state index in [1.807, 2.05) is 5.32 Å². The molecule has 2 aromatic carbocycles. The molecule has 2 aromatic rings. The number of halogens is 10. The molecule has 45 heavy (non-hydrogen) atoms. The number of anilines is 1. The summed E-state index contributed by atoms with van der Waals surface area (Å²) in [6, 6.07) is 8.80. The van der Waals surface area contributed by atoms with Crippen LogP contribution in [-0.4, -0.2) is 72.4 Å². The number of aliphatic carboxylic acids is 1. The number of rotatable bonds is 16. The van der Waals surface area contributed by atoms with Gasteiger partial charge in [-0.1, -0.05) is 24.3 Å². The van der Waals surface area contributed by atoms with Crippen molar-refractivity contribution in [2.45, 2.75) is 62.9 Å². The topological polar surface area (TPSA) is 88.1 Å². The molecule has 0 saturated heterocycles. The molecule has 0 aromatic heterocycles. The molecule has 0 aliphatic rings. The quantitative estimate of drug-likeness (QED) is 0.142. The molecule has 1 atom stereocenters. The Balaban J connectivity index is 2.10. The summed E-state index contributed by atoms with van der Waals surface area (Å²) < 4.78 is 142. The predicted octanol–water partition coefficient (Wildman–Crippen LogP) is 7.65. The first kappa shape index (κ1) is 37.4. The summed E-state index contributed by atoms with van der Waals surface area (Å²) in [6.07, 6.45) is -15.7. The van der Waals surface area contributed by atoms with Gasteiger partial charge in [0.05, 0.1) is 17.8 Å². The molecule has 0 spiro atoms. The Bertz CT molecular complexity index is 1250. The van der Waals surface area contributed by atoms with Crippen molar-refractivity contribution >= 4 is 17.7 Å². The second kappa shape index (κ2) is 15.5. The third kappa shape index (κ3) is 10.7. The van der Waals surface area contributed by atoms with Gasteiger partial charge in [0.2, 0.25) is 0 Å². The maximum Gasteiger partial charge on any atom is 0.459 e. The highest BCUT2D eigenvalue weighted by Crippen LogP contribution is 2.48. The summed E-state index contributed by atoms with van der Waals surface area (Å²) in [5.74, 6) is -12.7. The minimum Gasteiger partial charge on any atom is -0.492 e. The van der Waals surface area contributed by atoms with Crippen LogP contribution in [0.15, 0.2) is 48.5 Å². The molecule has 0 heterocycles. The fourth-order valence-corrected chi connectivity index (χ4v) is 3.99. The van der Waals surface area contributed by atoms with Gasteiger partial charge < -0.3 is 24.8 Å². The van der Waals surface area contributed by atoms with Crippen molar-refractivity contribution < 1.29 is 68.1 Å². The highest BCUT2D eigenvalue weighted by Gasteiger charge is 2.72. The van der Waals surface area contributed by atoms with Crippen molar-refractivity contribution in [1.29, 1.82) is 0 Å². The molecule has 0 saturated carbocycles. The fourth-order valence-electron chi connectivity index (χ4n) is 3.99. The Kier molecular flexibility index (Phi) is 12.9. The van der Waals surface area contributed by atoms with Crippen LogP contribution >= 0.6 is 0 Å². The van der Waals surface area contributed by atoms with Gasteiger partial charge in [0.25, 0.3) is 0 Å². The van der Waals surface area contributed by atoms with Gasteiger partial charge >= 0.3 is 36.2 Å². The number of alkyl halides is 10. The number of carbonyl (C=O) groups excluding carboxylic acids is 1. The number of hydrogen-bond donors (Lipinski definition) is 2. The van der Waals surface area contributed by atoms with Crippen molar-refractivity contribution in [1.82, 2.24) is 4.90 Å². The van der Waals surface area contributed by atoms with Crippen LogP contribution in [0.5, 0.6) is 5.75 Å². The van der Waals surface area contributed by atoms with E-state index in [0.717, 1.165) is 17.0 Å². The Morgan fingerprint density at radius 2 is 1.51 bits per heavy atom. The minimum atomic E-state index is -6.49. The van der Waals surface area contributed by atoms with E-state index in [1.165, 1.54) is 18.2 Å². The van der Waals surface area contributed by atoms with Crippen LogP contribution in [0.2, 0.25) is 0 Å². The largest absolute Gasteiger partial charge is 0.492 e. The highest BCUT2D eigenvalue weighted by atomic mass is 19.4. The minimum absolute atomic E-state index is 0.0464. The molecule has 0 aliphatic carbocycles. The Hall–Kier alpha value is -3.76. The van der Waals surface area contributed by atoms with Gasteiger partial charge in [-0.2, -0.15) is 43.9 Å². The highest BCUT2D eigenvalue weighted by molar-refractivity contribution is 5.90. The molecule has 252 valence electrons. The molecule has 1 unspecified atom stereocenters. The maximum absolute atomic E-state index is 13.7. The normalized spacial score (nSPS) is 13.3. The lowest BCUT2D eigenvalue weighted by atomic mass is 10.0. The predicted molar refractivity (Wildman–Crippen MR) is 141 cm³/mol. The third-order valence-corrected chi connectivity index (χ3v) is 6.36. The molecular formula is C28H30F10N2O5. The number of nitrogens with zero attached hydrogens (tertiary/aromatic N) is 1. The average molecular weight is 665 g/mol.